The minimum Gasteiger partial charge on any atom is -0.354 e. The summed E-state index contributed by atoms with van der Waals surface area (Å²) in [5.74, 6) is -0.229. The zero-order valence-electron chi connectivity index (χ0n) is 18.1. The van der Waals surface area contributed by atoms with E-state index in [9.17, 15) is 13.2 Å². The lowest BCUT2D eigenvalue weighted by Crippen LogP contribution is -2.42. The highest BCUT2D eigenvalue weighted by molar-refractivity contribution is 7.92. The quantitative estimate of drug-likeness (QED) is 0.568. The number of benzene rings is 3. The minimum atomic E-state index is -3.90. The molecule has 0 fully saturated rings. The fraction of sp³-hybridized carbons (Fsp3) is 0.240. The second-order valence-electron chi connectivity index (χ2n) is 7.73. The maximum atomic E-state index is 13.4. The molecule has 0 aromatic heterocycles. The summed E-state index contributed by atoms with van der Waals surface area (Å²) in [4.78, 5) is 13.0. The summed E-state index contributed by atoms with van der Waals surface area (Å²) in [6.07, 6.45) is 0. The van der Waals surface area contributed by atoms with E-state index in [4.69, 9.17) is 0 Å². The molecule has 0 aliphatic rings. The first-order valence-corrected chi connectivity index (χ1v) is 11.7. The Kier molecular flexibility index (Phi) is 7.13. The van der Waals surface area contributed by atoms with E-state index >= 15 is 0 Å². The molecule has 0 saturated heterocycles. The summed E-state index contributed by atoms with van der Waals surface area (Å²) in [5.41, 5.74) is 3.44. The first-order valence-electron chi connectivity index (χ1n) is 10.3. The number of hydrogen-bond donors (Lipinski definition) is 1. The van der Waals surface area contributed by atoms with Crippen LogP contribution >= 0.6 is 0 Å². The van der Waals surface area contributed by atoms with Crippen LogP contribution in [-0.4, -0.2) is 27.4 Å². The third-order valence-corrected chi connectivity index (χ3v) is 6.99. The Hall–Kier alpha value is -3.12. The van der Waals surface area contributed by atoms with Gasteiger partial charge in [-0.25, -0.2) is 8.42 Å². The van der Waals surface area contributed by atoms with Crippen molar-refractivity contribution in [2.75, 3.05) is 17.4 Å². The number of rotatable bonds is 8. The van der Waals surface area contributed by atoms with E-state index < -0.39 is 10.0 Å². The number of sulfonamides is 1. The third kappa shape index (κ3) is 5.52. The lowest BCUT2D eigenvalue weighted by Gasteiger charge is -2.26. The fourth-order valence-electron chi connectivity index (χ4n) is 3.46. The van der Waals surface area contributed by atoms with Gasteiger partial charge in [0.2, 0.25) is 5.91 Å². The van der Waals surface area contributed by atoms with E-state index in [-0.39, 0.29) is 23.3 Å². The number of anilines is 1. The highest BCUT2D eigenvalue weighted by atomic mass is 32.2. The van der Waals surface area contributed by atoms with Gasteiger partial charge in [0.05, 0.1) is 10.6 Å². The van der Waals surface area contributed by atoms with Crippen LogP contribution < -0.4 is 9.62 Å². The maximum Gasteiger partial charge on any atom is 0.264 e. The Morgan fingerprint density at radius 3 is 2.16 bits per heavy atom. The van der Waals surface area contributed by atoms with Crippen molar-refractivity contribution in [1.82, 2.24) is 5.32 Å². The van der Waals surface area contributed by atoms with E-state index in [1.165, 1.54) is 4.31 Å². The van der Waals surface area contributed by atoms with Crippen molar-refractivity contribution >= 4 is 21.6 Å². The molecule has 6 heteroatoms. The smallest absolute Gasteiger partial charge is 0.264 e. The van der Waals surface area contributed by atoms with Crippen LogP contribution in [0.15, 0.2) is 83.8 Å². The minimum absolute atomic E-state index is 0.116. The molecule has 1 atom stereocenters. The molecule has 3 rings (SSSR count). The standard InChI is InChI=1S/C25H28N2O3S/c1-19-14-15-24(20(2)16-19)27(31(29,30)23-12-8-5-9-13-23)18-25(28)26-17-21(3)22-10-6-4-7-11-22/h4-16,21H,17-18H2,1-3H3,(H,26,28)/t21-/m0/s1. The first kappa shape index (κ1) is 22.6. The van der Waals surface area contributed by atoms with Crippen molar-refractivity contribution in [1.29, 1.82) is 0 Å². The fourth-order valence-corrected chi connectivity index (χ4v) is 4.96. The predicted molar refractivity (Wildman–Crippen MR) is 125 cm³/mol. The molecule has 0 aliphatic carbocycles. The zero-order valence-corrected chi connectivity index (χ0v) is 18.9. The van der Waals surface area contributed by atoms with Crippen LogP contribution in [0.5, 0.6) is 0 Å². The Bertz CT molecular complexity index is 1130. The van der Waals surface area contributed by atoms with Gasteiger partial charge in [0, 0.05) is 6.54 Å². The molecular weight excluding hydrogens is 408 g/mol. The van der Waals surface area contributed by atoms with Crippen molar-refractivity contribution in [3.63, 3.8) is 0 Å². The topological polar surface area (TPSA) is 66.5 Å². The number of carbonyl (C=O) groups is 1. The summed E-state index contributed by atoms with van der Waals surface area (Å²) >= 11 is 0. The van der Waals surface area contributed by atoms with Crippen LogP contribution in [-0.2, 0) is 14.8 Å². The van der Waals surface area contributed by atoms with E-state index in [0.717, 1.165) is 16.7 Å². The average Bonchev–Trinajstić information content (AvgIpc) is 2.77. The monoisotopic (exact) mass is 436 g/mol. The van der Waals surface area contributed by atoms with Gasteiger partial charge in [0.25, 0.3) is 10.0 Å². The lowest BCUT2D eigenvalue weighted by atomic mass is 10.0. The molecular formula is C25H28N2O3S. The lowest BCUT2D eigenvalue weighted by molar-refractivity contribution is -0.119. The second-order valence-corrected chi connectivity index (χ2v) is 9.59. The SMILES string of the molecule is Cc1ccc(N(CC(=O)NC[C@H](C)c2ccccc2)S(=O)(=O)c2ccccc2)c(C)c1. The Morgan fingerprint density at radius 2 is 1.55 bits per heavy atom. The summed E-state index contributed by atoms with van der Waals surface area (Å²) < 4.78 is 28.0. The molecule has 0 saturated carbocycles. The van der Waals surface area contributed by atoms with Crippen LogP contribution in [0.25, 0.3) is 0 Å². The molecule has 162 valence electrons. The van der Waals surface area contributed by atoms with Crippen molar-refractivity contribution in [3.05, 3.63) is 95.6 Å². The van der Waals surface area contributed by atoms with E-state index in [1.54, 1.807) is 36.4 Å². The highest BCUT2D eigenvalue weighted by Gasteiger charge is 2.28. The molecule has 0 radical (unpaired) electrons. The van der Waals surface area contributed by atoms with E-state index in [2.05, 4.69) is 5.32 Å². The Labute approximate surface area is 184 Å². The van der Waals surface area contributed by atoms with Crippen molar-refractivity contribution in [2.45, 2.75) is 31.6 Å². The largest absolute Gasteiger partial charge is 0.354 e. The number of nitrogens with zero attached hydrogens (tertiary/aromatic N) is 1. The number of aryl methyl sites for hydroxylation is 2. The number of amides is 1. The van der Waals surface area contributed by atoms with Crippen LogP contribution in [0.1, 0.15) is 29.5 Å². The molecule has 1 N–H and O–H groups in total. The molecule has 0 bridgehead atoms. The molecule has 3 aromatic carbocycles. The summed E-state index contributed by atoms with van der Waals surface area (Å²) in [6.45, 7) is 5.96. The molecule has 0 heterocycles. The molecule has 3 aromatic rings. The van der Waals surface area contributed by atoms with E-state index in [0.29, 0.717) is 12.2 Å². The highest BCUT2D eigenvalue weighted by Crippen LogP contribution is 2.27. The van der Waals surface area contributed by atoms with Crippen molar-refractivity contribution < 1.29 is 13.2 Å². The van der Waals surface area contributed by atoms with Crippen LogP contribution in [0.2, 0.25) is 0 Å². The van der Waals surface area contributed by atoms with Gasteiger partial charge in [-0.2, -0.15) is 0 Å². The maximum absolute atomic E-state index is 13.4. The van der Waals surface area contributed by atoms with Gasteiger partial charge in [-0.3, -0.25) is 9.10 Å². The van der Waals surface area contributed by atoms with Gasteiger partial charge >= 0.3 is 0 Å². The Morgan fingerprint density at radius 1 is 0.935 bits per heavy atom. The molecule has 1 amide bonds. The molecule has 31 heavy (non-hydrogen) atoms. The molecule has 0 unspecified atom stereocenters. The molecule has 5 nitrogen and oxygen atoms in total. The van der Waals surface area contributed by atoms with Gasteiger partial charge in [-0.15, -0.1) is 0 Å². The number of hydrogen-bond acceptors (Lipinski definition) is 3. The van der Waals surface area contributed by atoms with Gasteiger partial charge in [-0.05, 0) is 49.1 Å². The second kappa shape index (κ2) is 9.79. The summed E-state index contributed by atoms with van der Waals surface area (Å²) in [6, 6.07) is 23.6. The van der Waals surface area contributed by atoms with Crippen molar-refractivity contribution in [2.24, 2.45) is 0 Å². The van der Waals surface area contributed by atoms with Gasteiger partial charge in [-0.1, -0.05) is 73.2 Å². The Balaban J connectivity index is 1.84. The van der Waals surface area contributed by atoms with Gasteiger partial charge in [0.15, 0.2) is 0 Å². The number of carbonyl (C=O) groups excluding carboxylic acids is 1. The van der Waals surface area contributed by atoms with Crippen LogP contribution in [0, 0.1) is 13.8 Å². The predicted octanol–water partition coefficient (Wildman–Crippen LogP) is 4.42. The summed E-state index contributed by atoms with van der Waals surface area (Å²) in [7, 11) is -3.90. The van der Waals surface area contributed by atoms with Crippen LogP contribution in [0.4, 0.5) is 5.69 Å². The first-order chi connectivity index (χ1) is 14.8. The third-order valence-electron chi connectivity index (χ3n) is 5.21. The molecule has 0 aliphatic heterocycles. The zero-order chi connectivity index (χ0) is 22.4. The van der Waals surface area contributed by atoms with Gasteiger partial charge in [0.1, 0.15) is 6.54 Å². The normalized spacial score (nSPS) is 12.2. The number of nitrogens with one attached hydrogen (secondary N) is 1. The average molecular weight is 437 g/mol. The summed E-state index contributed by atoms with van der Waals surface area (Å²) in [5, 5.41) is 2.89. The van der Waals surface area contributed by atoms with Gasteiger partial charge < -0.3 is 5.32 Å². The van der Waals surface area contributed by atoms with Crippen LogP contribution in [0.3, 0.4) is 0 Å². The molecule has 0 spiro atoms. The van der Waals surface area contributed by atoms with Crippen molar-refractivity contribution in [3.8, 4) is 0 Å². The van der Waals surface area contributed by atoms with E-state index in [1.807, 2.05) is 63.2 Å².